The third kappa shape index (κ3) is 3.17. The van der Waals surface area contributed by atoms with Gasteiger partial charge in [-0.1, -0.05) is 0 Å². The Labute approximate surface area is 112 Å². The van der Waals surface area contributed by atoms with Crippen LogP contribution in [0.1, 0.15) is 23.2 Å². The van der Waals surface area contributed by atoms with Gasteiger partial charge in [-0.3, -0.25) is 0 Å². The number of aromatic carboxylic acids is 1. The van der Waals surface area contributed by atoms with Crippen LogP contribution in [0, 0.1) is 0 Å². The van der Waals surface area contributed by atoms with Crippen LogP contribution < -0.4 is 9.47 Å². The van der Waals surface area contributed by atoms with Crippen LogP contribution in [0.3, 0.4) is 0 Å². The van der Waals surface area contributed by atoms with Crippen LogP contribution in [0.2, 0.25) is 0 Å². The minimum Gasteiger partial charge on any atom is -0.493 e. The molecule has 2 rings (SSSR count). The molecular formula is C14H19NO4. The highest BCUT2D eigenvalue weighted by molar-refractivity contribution is 5.88. The molecule has 1 aromatic carbocycles. The van der Waals surface area contributed by atoms with E-state index < -0.39 is 5.97 Å². The average Bonchev–Trinajstić information content (AvgIpc) is 2.81. The molecule has 1 aliphatic rings. The summed E-state index contributed by atoms with van der Waals surface area (Å²) in [4.78, 5) is 13.2. The predicted molar refractivity (Wildman–Crippen MR) is 71.1 cm³/mol. The van der Waals surface area contributed by atoms with Gasteiger partial charge in [-0.25, -0.2) is 4.79 Å². The van der Waals surface area contributed by atoms with Crippen LogP contribution in [0.5, 0.6) is 11.5 Å². The standard InChI is InChI=1S/C14H19NO4/c1-15-7-3-4-11(15)9-19-12-6-5-10(14(16)17)8-13(12)18-2/h5-6,8,11H,3-4,7,9H2,1-2H3,(H,16,17). The summed E-state index contributed by atoms with van der Waals surface area (Å²) in [5.74, 6) is 0.0775. The highest BCUT2D eigenvalue weighted by Crippen LogP contribution is 2.29. The maximum Gasteiger partial charge on any atom is 0.335 e. The van der Waals surface area contributed by atoms with Crippen molar-refractivity contribution in [3.8, 4) is 11.5 Å². The van der Waals surface area contributed by atoms with Gasteiger partial charge in [0.05, 0.1) is 12.7 Å². The molecular weight excluding hydrogens is 246 g/mol. The van der Waals surface area contributed by atoms with Gasteiger partial charge in [0.1, 0.15) is 6.61 Å². The Bertz CT molecular complexity index is 461. The number of nitrogens with zero attached hydrogens (tertiary/aromatic N) is 1. The third-order valence-electron chi connectivity index (χ3n) is 3.51. The number of hydrogen-bond acceptors (Lipinski definition) is 4. The van der Waals surface area contributed by atoms with Gasteiger partial charge in [-0.15, -0.1) is 0 Å². The molecule has 1 unspecified atom stereocenters. The Morgan fingerprint density at radius 2 is 2.26 bits per heavy atom. The Balaban J connectivity index is 2.05. The number of methoxy groups -OCH3 is 1. The molecule has 5 heteroatoms. The van der Waals surface area contributed by atoms with Gasteiger partial charge in [0.15, 0.2) is 11.5 Å². The van der Waals surface area contributed by atoms with Gasteiger partial charge < -0.3 is 19.5 Å². The SMILES string of the molecule is COc1cc(C(=O)O)ccc1OCC1CCCN1C. The zero-order valence-electron chi connectivity index (χ0n) is 11.3. The predicted octanol–water partition coefficient (Wildman–Crippen LogP) is 1.87. The van der Waals surface area contributed by atoms with Crippen molar-refractivity contribution in [3.63, 3.8) is 0 Å². The smallest absolute Gasteiger partial charge is 0.335 e. The van der Waals surface area contributed by atoms with Gasteiger partial charge in [0, 0.05) is 6.04 Å². The van der Waals surface area contributed by atoms with Crippen molar-refractivity contribution in [1.29, 1.82) is 0 Å². The second kappa shape index (κ2) is 5.93. The Kier molecular flexibility index (Phi) is 4.27. The van der Waals surface area contributed by atoms with E-state index in [2.05, 4.69) is 11.9 Å². The number of carbonyl (C=O) groups is 1. The van der Waals surface area contributed by atoms with Crippen molar-refractivity contribution < 1.29 is 19.4 Å². The van der Waals surface area contributed by atoms with Crippen molar-refractivity contribution >= 4 is 5.97 Å². The summed E-state index contributed by atoms with van der Waals surface area (Å²) in [7, 11) is 3.60. The fourth-order valence-corrected chi connectivity index (χ4v) is 2.30. The van der Waals surface area contributed by atoms with E-state index in [1.807, 2.05) is 0 Å². The van der Waals surface area contributed by atoms with Crippen molar-refractivity contribution in [2.24, 2.45) is 0 Å². The molecule has 19 heavy (non-hydrogen) atoms. The van der Waals surface area contributed by atoms with Crippen molar-refractivity contribution in [2.75, 3.05) is 27.3 Å². The first kappa shape index (κ1) is 13.7. The topological polar surface area (TPSA) is 59.0 Å². The van der Waals surface area contributed by atoms with Crippen molar-refractivity contribution in [2.45, 2.75) is 18.9 Å². The number of hydrogen-bond donors (Lipinski definition) is 1. The molecule has 0 saturated carbocycles. The van der Waals surface area contributed by atoms with E-state index >= 15 is 0 Å². The second-order valence-electron chi connectivity index (χ2n) is 4.76. The lowest BCUT2D eigenvalue weighted by atomic mass is 10.2. The molecule has 0 bridgehead atoms. The first-order chi connectivity index (χ1) is 9.11. The fraction of sp³-hybridized carbons (Fsp3) is 0.500. The molecule has 0 amide bonds. The van der Waals surface area contributed by atoms with Crippen molar-refractivity contribution in [1.82, 2.24) is 4.90 Å². The van der Waals surface area contributed by atoms with Gasteiger partial charge in [-0.05, 0) is 44.6 Å². The van der Waals surface area contributed by atoms with E-state index in [9.17, 15) is 4.79 Å². The van der Waals surface area contributed by atoms with E-state index in [-0.39, 0.29) is 5.56 Å². The summed E-state index contributed by atoms with van der Waals surface area (Å²) >= 11 is 0. The monoisotopic (exact) mass is 265 g/mol. The van der Waals surface area contributed by atoms with Gasteiger partial charge in [0.25, 0.3) is 0 Å². The van der Waals surface area contributed by atoms with Crippen LogP contribution in [0.25, 0.3) is 0 Å². The van der Waals surface area contributed by atoms with Gasteiger partial charge in [-0.2, -0.15) is 0 Å². The van der Waals surface area contributed by atoms with Gasteiger partial charge >= 0.3 is 5.97 Å². The quantitative estimate of drug-likeness (QED) is 0.880. The van der Waals surface area contributed by atoms with Crippen LogP contribution in [0.4, 0.5) is 0 Å². The Hall–Kier alpha value is -1.75. The first-order valence-electron chi connectivity index (χ1n) is 6.36. The number of carboxylic acids is 1. The van der Waals surface area contributed by atoms with E-state index in [4.69, 9.17) is 14.6 Å². The molecule has 1 saturated heterocycles. The zero-order chi connectivity index (χ0) is 13.8. The number of likely N-dealkylation sites (N-methyl/N-ethyl adjacent to an activating group) is 1. The van der Waals surface area contributed by atoms with E-state index in [1.54, 1.807) is 6.07 Å². The molecule has 5 nitrogen and oxygen atoms in total. The van der Waals surface area contributed by atoms with Crippen molar-refractivity contribution in [3.05, 3.63) is 23.8 Å². The average molecular weight is 265 g/mol. The lowest BCUT2D eigenvalue weighted by molar-refractivity contribution is 0.0696. The molecule has 0 aliphatic carbocycles. The molecule has 0 spiro atoms. The molecule has 0 radical (unpaired) electrons. The minimum atomic E-state index is -0.972. The lowest BCUT2D eigenvalue weighted by Crippen LogP contribution is -2.30. The maximum atomic E-state index is 10.9. The van der Waals surface area contributed by atoms with E-state index in [0.29, 0.717) is 24.1 Å². The van der Waals surface area contributed by atoms with E-state index in [1.165, 1.54) is 25.7 Å². The number of benzene rings is 1. The normalized spacial score (nSPS) is 19.4. The van der Waals surface area contributed by atoms with Crippen LogP contribution in [-0.2, 0) is 0 Å². The fourth-order valence-electron chi connectivity index (χ4n) is 2.30. The summed E-state index contributed by atoms with van der Waals surface area (Å²) in [6, 6.07) is 5.08. The summed E-state index contributed by atoms with van der Waals surface area (Å²) < 4.78 is 10.9. The molecule has 104 valence electrons. The lowest BCUT2D eigenvalue weighted by Gasteiger charge is -2.20. The number of likely N-dealkylation sites (tertiary alicyclic amines) is 1. The number of carboxylic acid groups (broad SMARTS) is 1. The molecule has 1 fully saturated rings. The molecule has 1 aliphatic heterocycles. The van der Waals surface area contributed by atoms with Crippen LogP contribution >= 0.6 is 0 Å². The third-order valence-corrected chi connectivity index (χ3v) is 3.51. The van der Waals surface area contributed by atoms with Gasteiger partial charge in [0.2, 0.25) is 0 Å². The van der Waals surface area contributed by atoms with Crippen LogP contribution in [-0.4, -0.2) is 49.3 Å². The number of ether oxygens (including phenoxy) is 2. The van der Waals surface area contributed by atoms with E-state index in [0.717, 1.165) is 13.0 Å². The second-order valence-corrected chi connectivity index (χ2v) is 4.76. The summed E-state index contributed by atoms with van der Waals surface area (Å²) in [5, 5.41) is 8.93. The molecule has 1 atom stereocenters. The number of rotatable bonds is 5. The molecule has 1 N–H and O–H groups in total. The Morgan fingerprint density at radius 1 is 1.47 bits per heavy atom. The summed E-state index contributed by atoms with van der Waals surface area (Å²) in [5.41, 5.74) is 0.196. The minimum absolute atomic E-state index is 0.196. The highest BCUT2D eigenvalue weighted by Gasteiger charge is 2.22. The largest absolute Gasteiger partial charge is 0.493 e. The molecule has 1 aromatic rings. The maximum absolute atomic E-state index is 10.9. The molecule has 0 aromatic heterocycles. The zero-order valence-corrected chi connectivity index (χ0v) is 11.3. The van der Waals surface area contributed by atoms with Crippen LogP contribution in [0.15, 0.2) is 18.2 Å². The summed E-state index contributed by atoms with van der Waals surface area (Å²) in [6.07, 6.45) is 2.33. The highest BCUT2D eigenvalue weighted by atomic mass is 16.5. The molecule has 1 heterocycles. The first-order valence-corrected chi connectivity index (χ1v) is 6.36. The Morgan fingerprint density at radius 3 is 2.84 bits per heavy atom. The summed E-state index contributed by atoms with van der Waals surface area (Å²) in [6.45, 7) is 1.70.